The molecule has 2 rings (SSSR count). The van der Waals surface area contributed by atoms with Crippen LogP contribution in [0.15, 0.2) is 24.3 Å². The van der Waals surface area contributed by atoms with Crippen molar-refractivity contribution in [3.8, 4) is 17.2 Å². The van der Waals surface area contributed by atoms with E-state index in [0.29, 0.717) is 22.8 Å². The maximum atomic E-state index is 11.9. The Morgan fingerprint density at radius 3 is 2.10 bits per heavy atom. The lowest BCUT2D eigenvalue weighted by atomic mass is 9.75. The number of allylic oxidation sites excluding steroid dienone is 3. The predicted octanol–water partition coefficient (Wildman–Crippen LogP) is 3.98. The second kappa shape index (κ2) is 9.61. The molecule has 1 aromatic carbocycles. The Balaban J connectivity index is 2.80. The van der Waals surface area contributed by atoms with Gasteiger partial charge in [0.1, 0.15) is 5.75 Å². The van der Waals surface area contributed by atoms with Gasteiger partial charge in [0.15, 0.2) is 11.5 Å². The molecule has 1 aromatic rings. The normalized spacial score (nSPS) is 18.5. The molecule has 30 heavy (non-hydrogen) atoms. The van der Waals surface area contributed by atoms with Gasteiger partial charge in [0, 0.05) is 48.4 Å². The van der Waals surface area contributed by atoms with E-state index in [9.17, 15) is 14.4 Å². The van der Waals surface area contributed by atoms with Gasteiger partial charge in [-0.1, -0.05) is 32.1 Å². The van der Waals surface area contributed by atoms with Crippen LogP contribution in [0, 0.1) is 12.8 Å². The highest BCUT2D eigenvalue weighted by Gasteiger charge is 2.35. The van der Waals surface area contributed by atoms with Crippen molar-refractivity contribution in [3.63, 3.8) is 0 Å². The second-order valence-electron chi connectivity index (χ2n) is 7.27. The number of carbonyl (C=O) groups excluding carboxylic acids is 3. The zero-order chi connectivity index (χ0) is 22.6. The summed E-state index contributed by atoms with van der Waals surface area (Å²) in [6, 6.07) is 0. The van der Waals surface area contributed by atoms with Crippen LogP contribution in [0.4, 0.5) is 0 Å². The van der Waals surface area contributed by atoms with E-state index in [4.69, 9.17) is 14.2 Å². The number of hydrogen-bond acceptors (Lipinski definition) is 7. The second-order valence-corrected chi connectivity index (χ2v) is 7.27. The summed E-state index contributed by atoms with van der Waals surface area (Å²) in [4.78, 5) is 35.3. The van der Waals surface area contributed by atoms with Crippen molar-refractivity contribution in [2.45, 2.75) is 46.5 Å². The molecule has 1 aliphatic rings. The van der Waals surface area contributed by atoms with E-state index in [1.165, 1.54) is 34.1 Å². The van der Waals surface area contributed by atoms with E-state index >= 15 is 0 Å². The van der Waals surface area contributed by atoms with Crippen LogP contribution in [-0.2, 0) is 19.1 Å². The average molecular weight is 416 g/mol. The molecule has 3 atom stereocenters. The van der Waals surface area contributed by atoms with E-state index in [-0.39, 0.29) is 17.8 Å². The van der Waals surface area contributed by atoms with Gasteiger partial charge in [0.2, 0.25) is 0 Å². The molecular weight excluding hydrogens is 388 g/mol. The highest BCUT2D eigenvalue weighted by molar-refractivity contribution is 5.82. The highest BCUT2D eigenvalue weighted by atomic mass is 16.6. The molecule has 0 saturated carbocycles. The SMILES string of the molecule is COC(=O)/C=C/[C@H](C)[C@H]1C=C[C@H](C)c2c(OC(C)=O)c(OC)c(C)c(OC(C)=O)c21. The maximum Gasteiger partial charge on any atom is 0.330 e. The smallest absolute Gasteiger partial charge is 0.330 e. The largest absolute Gasteiger partial charge is 0.492 e. The molecule has 0 radical (unpaired) electrons. The Morgan fingerprint density at radius 2 is 1.57 bits per heavy atom. The summed E-state index contributed by atoms with van der Waals surface area (Å²) in [5.74, 6) is -0.853. The Bertz CT molecular complexity index is 911. The molecule has 0 amide bonds. The van der Waals surface area contributed by atoms with Crippen molar-refractivity contribution in [2.75, 3.05) is 14.2 Å². The van der Waals surface area contributed by atoms with Crippen molar-refractivity contribution in [1.29, 1.82) is 0 Å². The minimum atomic E-state index is -0.480. The van der Waals surface area contributed by atoms with Crippen LogP contribution < -0.4 is 14.2 Å². The molecule has 0 unspecified atom stereocenters. The molecule has 0 aliphatic heterocycles. The number of ether oxygens (including phenoxy) is 4. The molecule has 0 N–H and O–H groups in total. The van der Waals surface area contributed by atoms with Gasteiger partial charge in [0.25, 0.3) is 0 Å². The molecule has 0 bridgehead atoms. The zero-order valence-electron chi connectivity index (χ0n) is 18.4. The van der Waals surface area contributed by atoms with Crippen LogP contribution >= 0.6 is 0 Å². The van der Waals surface area contributed by atoms with Gasteiger partial charge in [-0.25, -0.2) is 4.79 Å². The highest BCUT2D eigenvalue weighted by Crippen LogP contribution is 2.53. The number of methoxy groups -OCH3 is 2. The lowest BCUT2D eigenvalue weighted by Crippen LogP contribution is -2.20. The summed E-state index contributed by atoms with van der Waals surface area (Å²) in [7, 11) is 2.79. The summed E-state index contributed by atoms with van der Waals surface area (Å²) in [6.45, 7) is 8.30. The molecule has 0 heterocycles. The Morgan fingerprint density at radius 1 is 0.967 bits per heavy atom. The van der Waals surface area contributed by atoms with Crippen LogP contribution in [0.25, 0.3) is 0 Å². The fourth-order valence-electron chi connectivity index (χ4n) is 3.73. The van der Waals surface area contributed by atoms with Crippen molar-refractivity contribution in [2.24, 2.45) is 5.92 Å². The Labute approximate surface area is 176 Å². The fraction of sp³-hybridized carbons (Fsp3) is 0.435. The van der Waals surface area contributed by atoms with Gasteiger partial charge < -0.3 is 18.9 Å². The van der Waals surface area contributed by atoms with Gasteiger partial charge in [-0.2, -0.15) is 0 Å². The summed E-state index contributed by atoms with van der Waals surface area (Å²) in [5, 5.41) is 0. The van der Waals surface area contributed by atoms with E-state index < -0.39 is 17.9 Å². The minimum absolute atomic E-state index is 0.119. The number of esters is 3. The van der Waals surface area contributed by atoms with Gasteiger partial charge in [-0.15, -0.1) is 0 Å². The summed E-state index contributed by atoms with van der Waals surface area (Å²) >= 11 is 0. The Hall–Kier alpha value is -3.09. The third-order valence-corrected chi connectivity index (χ3v) is 5.06. The number of rotatable bonds is 6. The zero-order valence-corrected chi connectivity index (χ0v) is 18.4. The van der Waals surface area contributed by atoms with Gasteiger partial charge in [-0.05, 0) is 12.8 Å². The molecule has 0 saturated heterocycles. The van der Waals surface area contributed by atoms with Crippen molar-refractivity contribution in [1.82, 2.24) is 0 Å². The van der Waals surface area contributed by atoms with Crippen LogP contribution in [0.5, 0.6) is 17.2 Å². The first kappa shape index (κ1) is 23.2. The lowest BCUT2D eigenvalue weighted by molar-refractivity contribution is -0.135. The van der Waals surface area contributed by atoms with Crippen molar-refractivity contribution >= 4 is 17.9 Å². The molecule has 0 spiro atoms. The molecule has 1 aliphatic carbocycles. The quantitative estimate of drug-likeness (QED) is 0.300. The van der Waals surface area contributed by atoms with Crippen molar-refractivity contribution < 1.29 is 33.3 Å². The Kier molecular flexibility index (Phi) is 7.43. The molecule has 7 nitrogen and oxygen atoms in total. The first-order valence-electron chi connectivity index (χ1n) is 9.67. The topological polar surface area (TPSA) is 88.1 Å². The number of hydrogen-bond donors (Lipinski definition) is 0. The van der Waals surface area contributed by atoms with Gasteiger partial charge >= 0.3 is 17.9 Å². The van der Waals surface area contributed by atoms with E-state index in [0.717, 1.165) is 11.1 Å². The first-order chi connectivity index (χ1) is 14.1. The molecule has 0 fully saturated rings. The maximum absolute atomic E-state index is 11.9. The standard InChI is InChI=1S/C23H28O7/c1-12(9-11-18(26)27-6)17-10-8-13(2)19-20(17)21(29-15(4)24)14(3)22(28-7)23(19)30-16(5)25/h8-13,17H,1-7H3/b11-9+/t12-,13-,17+/m0/s1. The van der Waals surface area contributed by atoms with E-state index in [1.807, 2.05) is 26.0 Å². The minimum Gasteiger partial charge on any atom is -0.492 e. The first-order valence-corrected chi connectivity index (χ1v) is 9.67. The third-order valence-electron chi connectivity index (χ3n) is 5.06. The van der Waals surface area contributed by atoms with E-state index in [2.05, 4.69) is 4.74 Å². The summed E-state index contributed by atoms with van der Waals surface area (Å²) in [5.41, 5.74) is 2.01. The van der Waals surface area contributed by atoms with Gasteiger partial charge in [-0.3, -0.25) is 9.59 Å². The summed E-state index contributed by atoms with van der Waals surface area (Å²) in [6.07, 6.45) is 7.11. The van der Waals surface area contributed by atoms with Gasteiger partial charge in [0.05, 0.1) is 14.2 Å². The summed E-state index contributed by atoms with van der Waals surface area (Å²) < 4.78 is 21.4. The average Bonchev–Trinajstić information content (AvgIpc) is 2.68. The van der Waals surface area contributed by atoms with Crippen LogP contribution in [0.2, 0.25) is 0 Å². The lowest BCUT2D eigenvalue weighted by Gasteiger charge is -2.32. The molecule has 0 aromatic heterocycles. The van der Waals surface area contributed by atoms with Crippen LogP contribution in [-0.4, -0.2) is 32.1 Å². The van der Waals surface area contributed by atoms with Crippen molar-refractivity contribution in [3.05, 3.63) is 41.0 Å². The number of carbonyl (C=O) groups is 3. The number of benzene rings is 1. The number of fused-ring (bicyclic) bond motifs is 1. The fourth-order valence-corrected chi connectivity index (χ4v) is 3.73. The molecule has 7 heteroatoms. The third kappa shape index (κ3) is 4.72. The van der Waals surface area contributed by atoms with E-state index in [1.54, 1.807) is 13.0 Å². The molecular formula is C23H28O7. The predicted molar refractivity (Wildman–Crippen MR) is 111 cm³/mol. The molecule has 162 valence electrons. The monoisotopic (exact) mass is 416 g/mol. The van der Waals surface area contributed by atoms with Crippen LogP contribution in [0.3, 0.4) is 0 Å². The van der Waals surface area contributed by atoms with Crippen LogP contribution in [0.1, 0.15) is 56.2 Å².